The molecule has 0 spiro atoms. The first kappa shape index (κ1) is 24.5. The van der Waals surface area contributed by atoms with Gasteiger partial charge in [0, 0.05) is 48.8 Å². The largest absolute Gasteiger partial charge is 0.444 e. The maximum absolute atomic E-state index is 13.8. The number of aryl methyl sites for hydroxylation is 1. The minimum absolute atomic E-state index is 0.0238. The number of benzene rings is 1. The van der Waals surface area contributed by atoms with Crippen LogP contribution in [0.2, 0.25) is 0 Å². The van der Waals surface area contributed by atoms with E-state index >= 15 is 0 Å². The van der Waals surface area contributed by atoms with Crippen molar-refractivity contribution in [3.05, 3.63) is 52.1 Å². The molecular weight excluding hydrogens is 451 g/mol. The number of carbonyl (C=O) groups excluding carboxylic acids is 3. The molecule has 0 bridgehead atoms. The maximum atomic E-state index is 13.8. The number of piperazine rings is 1. The summed E-state index contributed by atoms with van der Waals surface area (Å²) in [4.78, 5) is 44.4. The van der Waals surface area contributed by atoms with Crippen molar-refractivity contribution in [1.82, 2.24) is 14.8 Å². The lowest BCUT2D eigenvalue weighted by Gasteiger charge is -2.35. The van der Waals surface area contributed by atoms with Crippen molar-refractivity contribution in [2.45, 2.75) is 46.6 Å². The molecule has 3 amide bonds. The Morgan fingerprint density at radius 1 is 1.11 bits per heavy atom. The van der Waals surface area contributed by atoms with E-state index in [0.29, 0.717) is 48.7 Å². The van der Waals surface area contributed by atoms with E-state index in [4.69, 9.17) is 4.74 Å². The molecule has 9 heteroatoms. The lowest BCUT2D eigenvalue weighted by molar-refractivity contribution is -0.132. The average molecular weight is 483 g/mol. The van der Waals surface area contributed by atoms with Gasteiger partial charge >= 0.3 is 6.09 Å². The molecule has 2 aromatic rings. The Hall–Kier alpha value is -3.62. The Morgan fingerprint density at radius 3 is 2.43 bits per heavy atom. The highest BCUT2D eigenvalue weighted by Crippen LogP contribution is 2.34. The predicted octanol–water partition coefficient (Wildman–Crippen LogP) is 3.89. The summed E-state index contributed by atoms with van der Waals surface area (Å²) >= 11 is 0. The normalized spacial score (nSPS) is 17.0. The molecule has 1 aromatic heterocycles. The molecule has 2 N–H and O–H groups in total. The van der Waals surface area contributed by atoms with E-state index < -0.39 is 11.4 Å². The van der Waals surface area contributed by atoms with Gasteiger partial charge in [-0.3, -0.25) is 9.59 Å². The van der Waals surface area contributed by atoms with Crippen LogP contribution in [-0.2, 0) is 20.7 Å². The first-order chi connectivity index (χ1) is 16.4. The molecule has 0 radical (unpaired) electrons. The summed E-state index contributed by atoms with van der Waals surface area (Å²) in [6.45, 7) is 11.0. The summed E-state index contributed by atoms with van der Waals surface area (Å²) in [5, 5.41) is 2.75. The number of nitrogens with zero attached hydrogens (tertiary/aromatic N) is 2. The maximum Gasteiger partial charge on any atom is 0.410 e. The first-order valence-electron chi connectivity index (χ1n) is 11.7. The van der Waals surface area contributed by atoms with Crippen molar-refractivity contribution in [1.29, 1.82) is 0 Å². The zero-order valence-electron chi connectivity index (χ0n) is 20.8. The Bertz CT molecular complexity index is 1220. The molecule has 1 fully saturated rings. The van der Waals surface area contributed by atoms with Gasteiger partial charge in [-0.25, -0.2) is 9.18 Å². The van der Waals surface area contributed by atoms with Crippen LogP contribution in [0.5, 0.6) is 0 Å². The summed E-state index contributed by atoms with van der Waals surface area (Å²) in [7, 11) is 0. The number of amides is 3. The number of anilines is 1. The van der Waals surface area contributed by atoms with Gasteiger partial charge in [-0.1, -0.05) is 0 Å². The fourth-order valence-corrected chi connectivity index (χ4v) is 4.40. The van der Waals surface area contributed by atoms with Gasteiger partial charge < -0.3 is 24.8 Å². The standard InChI is InChI=1S/C26H31FN4O4/c1-15-18(14-23(32)30-8-10-31(11-9-30)25(34)35-26(3,4)5)16(2)28-22(15)13-20-19-12-17(27)6-7-21(19)29-24(20)33/h6-7,12-13,28H,8-11,14H2,1-5H3,(H,29,33)/b20-13-. The number of nitrogens with one attached hydrogen (secondary N) is 2. The van der Waals surface area contributed by atoms with Crippen LogP contribution in [0.1, 0.15) is 48.8 Å². The third-order valence-corrected chi connectivity index (χ3v) is 6.30. The zero-order valence-corrected chi connectivity index (χ0v) is 20.8. The zero-order chi connectivity index (χ0) is 25.5. The second-order valence-corrected chi connectivity index (χ2v) is 9.99. The molecule has 3 heterocycles. The highest BCUT2D eigenvalue weighted by Gasteiger charge is 2.29. The molecule has 8 nitrogen and oxygen atoms in total. The van der Waals surface area contributed by atoms with Gasteiger partial charge in [0.25, 0.3) is 5.91 Å². The van der Waals surface area contributed by atoms with E-state index in [1.54, 1.807) is 21.9 Å². The molecule has 2 aliphatic rings. The monoisotopic (exact) mass is 482 g/mol. The van der Waals surface area contributed by atoms with Gasteiger partial charge in [0.15, 0.2) is 0 Å². The lowest BCUT2D eigenvalue weighted by atomic mass is 10.0. The first-order valence-corrected chi connectivity index (χ1v) is 11.7. The van der Waals surface area contributed by atoms with Gasteiger partial charge in [-0.15, -0.1) is 0 Å². The minimum Gasteiger partial charge on any atom is -0.444 e. The molecule has 35 heavy (non-hydrogen) atoms. The molecule has 0 aliphatic carbocycles. The van der Waals surface area contributed by atoms with Crippen LogP contribution in [0.4, 0.5) is 14.9 Å². The Balaban J connectivity index is 1.45. The molecule has 1 saturated heterocycles. The second kappa shape index (κ2) is 9.20. The van der Waals surface area contributed by atoms with Gasteiger partial charge in [-0.2, -0.15) is 0 Å². The summed E-state index contributed by atoms with van der Waals surface area (Å²) in [5.74, 6) is -0.731. The molecule has 186 valence electrons. The number of fused-ring (bicyclic) bond motifs is 1. The fraction of sp³-hybridized carbons (Fsp3) is 0.423. The quantitative estimate of drug-likeness (QED) is 0.649. The van der Waals surface area contributed by atoms with E-state index in [9.17, 15) is 18.8 Å². The van der Waals surface area contributed by atoms with E-state index in [-0.39, 0.29) is 24.3 Å². The smallest absolute Gasteiger partial charge is 0.410 e. The Labute approximate surface area is 204 Å². The van der Waals surface area contributed by atoms with Crippen LogP contribution in [0, 0.1) is 19.7 Å². The summed E-state index contributed by atoms with van der Waals surface area (Å²) in [6, 6.07) is 4.19. The topological polar surface area (TPSA) is 94.7 Å². The SMILES string of the molecule is Cc1[nH]c(/C=C2\C(=O)Nc3ccc(F)cc32)c(C)c1CC(=O)N1CCN(C(=O)OC(C)(C)C)CC1. The summed E-state index contributed by atoms with van der Waals surface area (Å²) < 4.78 is 19.2. The van der Waals surface area contributed by atoms with E-state index in [2.05, 4.69) is 10.3 Å². The number of rotatable bonds is 3. The van der Waals surface area contributed by atoms with Crippen LogP contribution >= 0.6 is 0 Å². The summed E-state index contributed by atoms with van der Waals surface area (Å²) in [6.07, 6.45) is 1.55. The van der Waals surface area contributed by atoms with Gasteiger partial charge in [0.1, 0.15) is 11.4 Å². The lowest BCUT2D eigenvalue weighted by Crippen LogP contribution is -2.52. The van der Waals surface area contributed by atoms with E-state index in [0.717, 1.165) is 16.8 Å². The molecular formula is C26H31FN4O4. The molecule has 0 atom stereocenters. The number of aromatic amines is 1. The van der Waals surface area contributed by atoms with Crippen LogP contribution < -0.4 is 5.32 Å². The summed E-state index contributed by atoms with van der Waals surface area (Å²) in [5.41, 5.74) is 4.19. The number of aromatic nitrogens is 1. The number of H-pyrrole nitrogens is 1. The number of halogens is 1. The third-order valence-electron chi connectivity index (χ3n) is 6.30. The van der Waals surface area contributed by atoms with E-state index in [1.165, 1.54) is 12.1 Å². The number of carbonyl (C=O) groups is 3. The number of hydrogen-bond acceptors (Lipinski definition) is 4. The van der Waals surface area contributed by atoms with Gasteiger partial charge in [0.05, 0.1) is 12.0 Å². The Kier molecular flexibility index (Phi) is 6.44. The van der Waals surface area contributed by atoms with Crippen LogP contribution in [-0.4, -0.2) is 64.5 Å². The highest BCUT2D eigenvalue weighted by atomic mass is 19.1. The van der Waals surface area contributed by atoms with E-state index in [1.807, 2.05) is 34.6 Å². The highest BCUT2D eigenvalue weighted by molar-refractivity contribution is 6.34. The molecule has 1 aromatic carbocycles. The van der Waals surface area contributed by atoms with Crippen molar-refractivity contribution in [3.8, 4) is 0 Å². The molecule has 2 aliphatic heterocycles. The third kappa shape index (κ3) is 5.23. The van der Waals surface area contributed by atoms with Crippen molar-refractivity contribution in [2.75, 3.05) is 31.5 Å². The molecule has 0 saturated carbocycles. The number of ether oxygens (including phenoxy) is 1. The van der Waals surface area contributed by atoms with Gasteiger partial charge in [0.2, 0.25) is 5.91 Å². The van der Waals surface area contributed by atoms with Crippen molar-refractivity contribution < 1.29 is 23.5 Å². The molecule has 4 rings (SSSR count). The minimum atomic E-state index is -0.560. The van der Waals surface area contributed by atoms with Crippen LogP contribution in [0.25, 0.3) is 11.6 Å². The van der Waals surface area contributed by atoms with Crippen molar-refractivity contribution >= 4 is 35.2 Å². The van der Waals surface area contributed by atoms with Crippen LogP contribution in [0.3, 0.4) is 0 Å². The predicted molar refractivity (Wildman–Crippen MR) is 131 cm³/mol. The average Bonchev–Trinajstić information content (AvgIpc) is 3.23. The Morgan fingerprint density at radius 2 is 1.77 bits per heavy atom. The second-order valence-electron chi connectivity index (χ2n) is 9.99. The van der Waals surface area contributed by atoms with Crippen LogP contribution in [0.15, 0.2) is 18.2 Å². The number of hydrogen-bond donors (Lipinski definition) is 2. The molecule has 0 unspecified atom stereocenters. The van der Waals surface area contributed by atoms with Gasteiger partial charge in [-0.05, 0) is 70.0 Å². The van der Waals surface area contributed by atoms with Crippen molar-refractivity contribution in [3.63, 3.8) is 0 Å². The fourth-order valence-electron chi connectivity index (χ4n) is 4.40. The van der Waals surface area contributed by atoms with Crippen molar-refractivity contribution in [2.24, 2.45) is 0 Å².